The smallest absolute Gasteiger partial charge is 0.335 e. The van der Waals surface area contributed by atoms with E-state index in [0.717, 1.165) is 22.3 Å². The fraction of sp³-hybridized carbons (Fsp3) is 0.364. The number of hydrogen-bond acceptors (Lipinski definition) is 4. The second kappa shape index (κ2) is 6.94. The van der Waals surface area contributed by atoms with Gasteiger partial charge in [0.15, 0.2) is 12.1 Å². The summed E-state index contributed by atoms with van der Waals surface area (Å²) in [4.78, 5) is 17.4. The van der Waals surface area contributed by atoms with Gasteiger partial charge in [0.1, 0.15) is 5.60 Å². The van der Waals surface area contributed by atoms with E-state index < -0.39 is 17.7 Å². The van der Waals surface area contributed by atoms with Gasteiger partial charge in [-0.1, -0.05) is 36.4 Å². The SMILES string of the molecule is Cc1cccc(C)c1[C@@H]1OC(c2ccccc2)=N[C@@H]1C(=O)OC(C)(C)C. The highest BCUT2D eigenvalue weighted by atomic mass is 16.6. The molecule has 0 spiro atoms. The first-order valence-corrected chi connectivity index (χ1v) is 8.85. The third-order valence-electron chi connectivity index (χ3n) is 4.28. The minimum Gasteiger partial charge on any atom is -0.466 e. The molecule has 0 amide bonds. The molecule has 136 valence electrons. The van der Waals surface area contributed by atoms with Gasteiger partial charge in [0, 0.05) is 11.1 Å². The van der Waals surface area contributed by atoms with E-state index in [4.69, 9.17) is 9.47 Å². The molecule has 0 aromatic heterocycles. The quantitative estimate of drug-likeness (QED) is 0.763. The minimum atomic E-state index is -0.718. The highest BCUT2D eigenvalue weighted by molar-refractivity contribution is 5.98. The van der Waals surface area contributed by atoms with Gasteiger partial charge in [-0.25, -0.2) is 9.79 Å². The maximum absolute atomic E-state index is 12.8. The Morgan fingerprint density at radius 3 is 2.19 bits per heavy atom. The number of carbonyl (C=O) groups is 1. The summed E-state index contributed by atoms with van der Waals surface area (Å²) in [6, 6.07) is 15.0. The van der Waals surface area contributed by atoms with Crippen LogP contribution >= 0.6 is 0 Å². The van der Waals surface area contributed by atoms with Crippen LogP contribution in [0.3, 0.4) is 0 Å². The molecule has 1 aliphatic rings. The zero-order chi connectivity index (χ0) is 18.9. The van der Waals surface area contributed by atoms with E-state index in [2.05, 4.69) is 4.99 Å². The van der Waals surface area contributed by atoms with Crippen molar-refractivity contribution in [2.24, 2.45) is 4.99 Å². The van der Waals surface area contributed by atoms with E-state index in [1.165, 1.54) is 0 Å². The van der Waals surface area contributed by atoms with Crippen molar-refractivity contribution < 1.29 is 14.3 Å². The van der Waals surface area contributed by atoms with Crippen molar-refractivity contribution >= 4 is 11.9 Å². The number of esters is 1. The number of hydrogen-bond donors (Lipinski definition) is 0. The minimum absolute atomic E-state index is 0.365. The number of aryl methyl sites for hydroxylation is 2. The second-order valence-corrected chi connectivity index (χ2v) is 7.62. The molecule has 0 radical (unpaired) electrons. The molecule has 26 heavy (non-hydrogen) atoms. The van der Waals surface area contributed by atoms with Crippen LogP contribution in [0.25, 0.3) is 0 Å². The molecular formula is C22H25NO3. The fourth-order valence-electron chi connectivity index (χ4n) is 3.16. The molecule has 0 fully saturated rings. The molecule has 0 saturated carbocycles. The van der Waals surface area contributed by atoms with Crippen LogP contribution in [-0.2, 0) is 14.3 Å². The average molecular weight is 351 g/mol. The molecule has 0 saturated heterocycles. The van der Waals surface area contributed by atoms with E-state index in [0.29, 0.717) is 5.90 Å². The maximum Gasteiger partial charge on any atom is 0.335 e. The van der Waals surface area contributed by atoms with Crippen LogP contribution in [0.2, 0.25) is 0 Å². The predicted molar refractivity (Wildman–Crippen MR) is 102 cm³/mol. The highest BCUT2D eigenvalue weighted by Crippen LogP contribution is 2.36. The lowest BCUT2D eigenvalue weighted by atomic mass is 9.94. The Morgan fingerprint density at radius 1 is 1.00 bits per heavy atom. The molecule has 1 aliphatic heterocycles. The van der Waals surface area contributed by atoms with Gasteiger partial charge in [0.05, 0.1) is 0 Å². The molecule has 0 bridgehead atoms. The standard InChI is InChI=1S/C22H25NO3/c1-14-10-9-11-15(2)17(14)19-18(21(24)26-22(3,4)5)23-20(25-19)16-12-7-6-8-13-16/h6-13,18-19H,1-5H3/t18-,19-/m0/s1. The number of carbonyl (C=O) groups excluding carboxylic acids is 1. The molecule has 4 nitrogen and oxygen atoms in total. The molecule has 0 N–H and O–H groups in total. The van der Waals surface area contributed by atoms with Gasteiger partial charge in [-0.05, 0) is 57.9 Å². The average Bonchev–Trinajstić information content (AvgIpc) is 2.99. The fourth-order valence-corrected chi connectivity index (χ4v) is 3.16. The van der Waals surface area contributed by atoms with E-state index in [1.807, 2.05) is 83.1 Å². The lowest BCUT2D eigenvalue weighted by molar-refractivity contribution is -0.158. The normalized spacial score (nSPS) is 19.7. The van der Waals surface area contributed by atoms with E-state index in [9.17, 15) is 4.79 Å². The summed E-state index contributed by atoms with van der Waals surface area (Å²) < 4.78 is 11.8. The van der Waals surface area contributed by atoms with Gasteiger partial charge in [-0.2, -0.15) is 0 Å². The molecule has 2 aromatic carbocycles. The number of aliphatic imine (C=N–C) groups is 1. The Balaban J connectivity index is 2.01. The van der Waals surface area contributed by atoms with Crippen LogP contribution in [0.1, 0.15) is 49.1 Å². The summed E-state index contributed by atoms with van der Waals surface area (Å²) in [5, 5.41) is 0. The van der Waals surface area contributed by atoms with Gasteiger partial charge in [0.2, 0.25) is 5.90 Å². The Bertz CT molecular complexity index is 814. The van der Waals surface area contributed by atoms with Crippen LogP contribution in [-0.4, -0.2) is 23.5 Å². The lowest BCUT2D eigenvalue weighted by Gasteiger charge is -2.25. The van der Waals surface area contributed by atoms with Crippen molar-refractivity contribution in [2.45, 2.75) is 52.4 Å². The van der Waals surface area contributed by atoms with Crippen LogP contribution in [0.4, 0.5) is 0 Å². The molecule has 1 heterocycles. The van der Waals surface area contributed by atoms with Crippen molar-refractivity contribution in [3.63, 3.8) is 0 Å². The Labute approximate surface area is 154 Å². The number of nitrogens with zero attached hydrogens (tertiary/aromatic N) is 1. The Morgan fingerprint density at radius 2 is 1.62 bits per heavy atom. The van der Waals surface area contributed by atoms with Gasteiger partial charge in [-0.15, -0.1) is 0 Å². The molecule has 0 unspecified atom stereocenters. The van der Waals surface area contributed by atoms with Crippen LogP contribution in [0, 0.1) is 13.8 Å². The van der Waals surface area contributed by atoms with E-state index in [-0.39, 0.29) is 5.97 Å². The van der Waals surface area contributed by atoms with Crippen LogP contribution in [0.5, 0.6) is 0 Å². The summed E-state index contributed by atoms with van der Waals surface area (Å²) in [6.07, 6.45) is -0.485. The van der Waals surface area contributed by atoms with E-state index >= 15 is 0 Å². The molecule has 3 rings (SSSR count). The van der Waals surface area contributed by atoms with Gasteiger partial charge in [-0.3, -0.25) is 0 Å². The molecule has 2 atom stereocenters. The number of ether oxygens (including phenoxy) is 2. The topological polar surface area (TPSA) is 47.9 Å². The second-order valence-electron chi connectivity index (χ2n) is 7.62. The summed E-state index contributed by atoms with van der Waals surface area (Å²) in [5.41, 5.74) is 3.43. The third kappa shape index (κ3) is 3.79. The monoisotopic (exact) mass is 351 g/mol. The Hall–Kier alpha value is -2.62. The summed E-state index contributed by atoms with van der Waals surface area (Å²) in [6.45, 7) is 9.63. The highest BCUT2D eigenvalue weighted by Gasteiger charge is 2.41. The first-order chi connectivity index (χ1) is 12.3. The van der Waals surface area contributed by atoms with Crippen molar-refractivity contribution in [1.82, 2.24) is 0 Å². The summed E-state index contributed by atoms with van der Waals surface area (Å²) >= 11 is 0. The van der Waals surface area contributed by atoms with Crippen LogP contribution in [0.15, 0.2) is 53.5 Å². The summed E-state index contributed by atoms with van der Waals surface area (Å²) in [5.74, 6) is 0.116. The van der Waals surface area contributed by atoms with Gasteiger partial charge >= 0.3 is 5.97 Å². The largest absolute Gasteiger partial charge is 0.466 e. The molecule has 0 aliphatic carbocycles. The predicted octanol–water partition coefficient (Wildman–Crippen LogP) is 4.53. The Kier molecular flexibility index (Phi) is 4.86. The first kappa shape index (κ1) is 18.2. The number of rotatable bonds is 3. The third-order valence-corrected chi connectivity index (χ3v) is 4.28. The van der Waals surface area contributed by atoms with Gasteiger partial charge in [0.25, 0.3) is 0 Å². The molecular weight excluding hydrogens is 326 g/mol. The van der Waals surface area contributed by atoms with Crippen molar-refractivity contribution in [3.8, 4) is 0 Å². The van der Waals surface area contributed by atoms with Gasteiger partial charge < -0.3 is 9.47 Å². The molecule has 2 aromatic rings. The maximum atomic E-state index is 12.8. The summed E-state index contributed by atoms with van der Waals surface area (Å²) in [7, 11) is 0. The van der Waals surface area contributed by atoms with Crippen molar-refractivity contribution in [3.05, 3.63) is 70.8 Å². The lowest BCUT2D eigenvalue weighted by Crippen LogP contribution is -2.33. The number of benzene rings is 2. The zero-order valence-electron chi connectivity index (χ0n) is 15.9. The first-order valence-electron chi connectivity index (χ1n) is 8.85. The zero-order valence-corrected chi connectivity index (χ0v) is 15.9. The van der Waals surface area contributed by atoms with Crippen molar-refractivity contribution in [2.75, 3.05) is 0 Å². The van der Waals surface area contributed by atoms with E-state index in [1.54, 1.807) is 0 Å². The molecule has 4 heteroatoms. The van der Waals surface area contributed by atoms with Crippen LogP contribution < -0.4 is 0 Å². The van der Waals surface area contributed by atoms with Crippen molar-refractivity contribution in [1.29, 1.82) is 0 Å².